The van der Waals surface area contributed by atoms with Crippen LogP contribution in [-0.4, -0.2) is 36.9 Å². The smallest absolute Gasteiger partial charge is 0.208 e. The summed E-state index contributed by atoms with van der Waals surface area (Å²) in [4.78, 5) is 2.38. The van der Waals surface area contributed by atoms with E-state index in [1.807, 2.05) is 31.3 Å². The van der Waals surface area contributed by atoms with Gasteiger partial charge in [0.25, 0.3) is 0 Å². The molecule has 1 aromatic heterocycles. The maximum atomic E-state index is 5.92. The molecule has 6 heteroatoms. The zero-order valence-corrected chi connectivity index (χ0v) is 14.3. The van der Waals surface area contributed by atoms with Crippen molar-refractivity contribution in [1.29, 1.82) is 0 Å². The van der Waals surface area contributed by atoms with Gasteiger partial charge in [0.1, 0.15) is 5.01 Å². The van der Waals surface area contributed by atoms with Gasteiger partial charge in [0, 0.05) is 24.5 Å². The predicted octanol–water partition coefficient (Wildman–Crippen LogP) is 3.22. The summed E-state index contributed by atoms with van der Waals surface area (Å²) in [6.07, 6.45) is 3.36. The van der Waals surface area contributed by atoms with Gasteiger partial charge in [-0.1, -0.05) is 35.1 Å². The molecule has 0 spiro atoms. The summed E-state index contributed by atoms with van der Waals surface area (Å²) in [5, 5.41) is 14.9. The number of rotatable bonds is 5. The summed E-state index contributed by atoms with van der Waals surface area (Å²) >= 11 is 7.63. The highest BCUT2D eigenvalue weighted by molar-refractivity contribution is 7.15. The molecule has 4 nitrogen and oxygen atoms in total. The third-order valence-corrected chi connectivity index (χ3v) is 5.24. The van der Waals surface area contributed by atoms with Crippen LogP contribution in [0.1, 0.15) is 23.4 Å². The second-order valence-electron chi connectivity index (χ2n) is 5.79. The molecule has 1 unspecified atom stereocenters. The van der Waals surface area contributed by atoms with Gasteiger partial charge in [-0.25, -0.2) is 0 Å². The van der Waals surface area contributed by atoms with Gasteiger partial charge in [-0.3, -0.25) is 0 Å². The van der Waals surface area contributed by atoms with Crippen LogP contribution in [0.3, 0.4) is 0 Å². The Bertz CT molecular complexity index is 596. The van der Waals surface area contributed by atoms with E-state index in [1.165, 1.54) is 18.4 Å². The van der Waals surface area contributed by atoms with Crippen molar-refractivity contribution in [2.45, 2.75) is 19.3 Å². The predicted molar refractivity (Wildman–Crippen MR) is 93.0 cm³/mol. The Morgan fingerprint density at radius 3 is 2.91 bits per heavy atom. The molecule has 0 radical (unpaired) electrons. The van der Waals surface area contributed by atoms with Crippen LogP contribution >= 0.6 is 22.9 Å². The molecule has 0 bridgehead atoms. The zero-order valence-electron chi connectivity index (χ0n) is 12.8. The van der Waals surface area contributed by atoms with E-state index in [0.717, 1.165) is 41.2 Å². The van der Waals surface area contributed by atoms with E-state index >= 15 is 0 Å². The first-order chi connectivity index (χ1) is 10.7. The number of anilines is 1. The van der Waals surface area contributed by atoms with Crippen molar-refractivity contribution >= 4 is 28.1 Å². The van der Waals surface area contributed by atoms with Crippen molar-refractivity contribution in [3.8, 4) is 0 Å². The lowest BCUT2D eigenvalue weighted by atomic mass is 9.98. The van der Waals surface area contributed by atoms with E-state index in [0.29, 0.717) is 5.92 Å². The molecule has 1 aliphatic heterocycles. The van der Waals surface area contributed by atoms with Crippen LogP contribution in [0.2, 0.25) is 5.02 Å². The molecule has 2 aromatic rings. The molecule has 1 fully saturated rings. The van der Waals surface area contributed by atoms with Crippen LogP contribution in [0, 0.1) is 5.92 Å². The average Bonchev–Trinajstić information content (AvgIpc) is 2.99. The third kappa shape index (κ3) is 3.97. The maximum Gasteiger partial charge on any atom is 0.208 e. The summed E-state index contributed by atoms with van der Waals surface area (Å²) in [6, 6.07) is 7.94. The van der Waals surface area contributed by atoms with E-state index in [2.05, 4.69) is 20.4 Å². The summed E-state index contributed by atoms with van der Waals surface area (Å²) < 4.78 is 0. The molecule has 1 aliphatic rings. The van der Waals surface area contributed by atoms with E-state index in [4.69, 9.17) is 11.6 Å². The normalized spacial score (nSPS) is 18.6. The Labute approximate surface area is 140 Å². The van der Waals surface area contributed by atoms with Crippen molar-refractivity contribution in [1.82, 2.24) is 15.5 Å². The van der Waals surface area contributed by atoms with Crippen molar-refractivity contribution < 1.29 is 0 Å². The molecule has 1 aromatic carbocycles. The molecule has 22 heavy (non-hydrogen) atoms. The number of hydrogen-bond donors (Lipinski definition) is 1. The standard InChI is InChI=1S/C16H21ClN4S/c1-18-10-13-3-2-8-21(11-13)16-20-19-15(22-16)9-12-4-6-14(17)7-5-12/h4-7,13,18H,2-3,8-11H2,1H3. The largest absolute Gasteiger partial charge is 0.346 e. The summed E-state index contributed by atoms with van der Waals surface area (Å²) in [6.45, 7) is 3.25. The Balaban J connectivity index is 1.64. The highest BCUT2D eigenvalue weighted by Gasteiger charge is 2.22. The van der Waals surface area contributed by atoms with E-state index in [9.17, 15) is 0 Å². The van der Waals surface area contributed by atoms with Crippen molar-refractivity contribution in [2.24, 2.45) is 5.92 Å². The molecule has 0 amide bonds. The van der Waals surface area contributed by atoms with E-state index < -0.39 is 0 Å². The zero-order chi connectivity index (χ0) is 15.4. The quantitative estimate of drug-likeness (QED) is 0.910. The van der Waals surface area contributed by atoms with Gasteiger partial charge >= 0.3 is 0 Å². The molecular formula is C16H21ClN4S. The SMILES string of the molecule is CNCC1CCCN(c2nnc(Cc3ccc(Cl)cc3)s2)C1. The van der Waals surface area contributed by atoms with Gasteiger partial charge in [0.05, 0.1) is 0 Å². The van der Waals surface area contributed by atoms with Crippen LogP contribution in [0.15, 0.2) is 24.3 Å². The average molecular weight is 337 g/mol. The van der Waals surface area contributed by atoms with Crippen molar-refractivity contribution in [3.05, 3.63) is 39.9 Å². The van der Waals surface area contributed by atoms with Gasteiger partial charge in [-0.05, 0) is 50.0 Å². The van der Waals surface area contributed by atoms with Crippen molar-refractivity contribution in [2.75, 3.05) is 31.6 Å². The van der Waals surface area contributed by atoms with Gasteiger partial charge in [-0.15, -0.1) is 10.2 Å². The topological polar surface area (TPSA) is 41.0 Å². The summed E-state index contributed by atoms with van der Waals surface area (Å²) in [5.74, 6) is 0.711. The fourth-order valence-corrected chi connectivity index (χ4v) is 3.95. The molecule has 3 rings (SSSR count). The molecule has 0 aliphatic carbocycles. The molecule has 118 valence electrons. The molecule has 0 saturated carbocycles. The second-order valence-corrected chi connectivity index (χ2v) is 7.27. The van der Waals surface area contributed by atoms with Crippen LogP contribution in [0.5, 0.6) is 0 Å². The van der Waals surface area contributed by atoms with E-state index in [1.54, 1.807) is 11.3 Å². The minimum atomic E-state index is 0.711. The first-order valence-electron chi connectivity index (χ1n) is 7.71. The maximum absolute atomic E-state index is 5.92. The minimum Gasteiger partial charge on any atom is -0.346 e. The number of hydrogen-bond acceptors (Lipinski definition) is 5. The van der Waals surface area contributed by atoms with Gasteiger partial charge in [0.15, 0.2) is 0 Å². The number of aromatic nitrogens is 2. The third-order valence-electron chi connectivity index (χ3n) is 4.01. The fraction of sp³-hybridized carbons (Fsp3) is 0.500. The highest BCUT2D eigenvalue weighted by atomic mass is 35.5. The van der Waals surface area contributed by atoms with E-state index in [-0.39, 0.29) is 0 Å². The Morgan fingerprint density at radius 2 is 2.14 bits per heavy atom. The van der Waals surface area contributed by atoms with Gasteiger partial charge < -0.3 is 10.2 Å². The first-order valence-corrected chi connectivity index (χ1v) is 8.90. The van der Waals surface area contributed by atoms with Crippen LogP contribution in [0.4, 0.5) is 5.13 Å². The van der Waals surface area contributed by atoms with Crippen LogP contribution in [-0.2, 0) is 6.42 Å². The lowest BCUT2D eigenvalue weighted by Gasteiger charge is -2.32. The monoisotopic (exact) mass is 336 g/mol. The summed E-state index contributed by atoms with van der Waals surface area (Å²) in [5.41, 5.74) is 1.22. The molecule has 1 N–H and O–H groups in total. The summed E-state index contributed by atoms with van der Waals surface area (Å²) in [7, 11) is 2.02. The molecular weight excluding hydrogens is 316 g/mol. The van der Waals surface area contributed by atoms with Crippen LogP contribution < -0.4 is 10.2 Å². The molecule has 1 atom stereocenters. The highest BCUT2D eigenvalue weighted by Crippen LogP contribution is 2.27. The first kappa shape index (κ1) is 15.7. The Kier molecular flexibility index (Phi) is 5.28. The lowest BCUT2D eigenvalue weighted by molar-refractivity contribution is 0.402. The Morgan fingerprint density at radius 1 is 1.32 bits per heavy atom. The Hall–Kier alpha value is -1.17. The number of piperidine rings is 1. The number of benzene rings is 1. The second kappa shape index (κ2) is 7.40. The molecule has 1 saturated heterocycles. The number of nitrogens with one attached hydrogen (secondary N) is 1. The van der Waals surface area contributed by atoms with Crippen LogP contribution in [0.25, 0.3) is 0 Å². The van der Waals surface area contributed by atoms with Gasteiger partial charge in [0.2, 0.25) is 5.13 Å². The van der Waals surface area contributed by atoms with Crippen molar-refractivity contribution in [3.63, 3.8) is 0 Å². The number of nitrogens with zero attached hydrogens (tertiary/aromatic N) is 3. The lowest BCUT2D eigenvalue weighted by Crippen LogP contribution is -2.39. The fourth-order valence-electron chi connectivity index (χ4n) is 2.91. The minimum absolute atomic E-state index is 0.711. The number of halogens is 1. The van der Waals surface area contributed by atoms with Gasteiger partial charge in [-0.2, -0.15) is 0 Å². The molecule has 2 heterocycles.